The highest BCUT2D eigenvalue weighted by Crippen LogP contribution is 2.33. The Morgan fingerprint density at radius 3 is 2.79 bits per heavy atom. The lowest BCUT2D eigenvalue weighted by Gasteiger charge is -2.05. The van der Waals surface area contributed by atoms with Crippen molar-refractivity contribution < 1.29 is 5.11 Å². The lowest BCUT2D eigenvalue weighted by Crippen LogP contribution is -1.88. The largest absolute Gasteiger partial charge is 0.392 e. The van der Waals surface area contributed by atoms with Gasteiger partial charge in [0, 0.05) is 0 Å². The van der Waals surface area contributed by atoms with Crippen LogP contribution in [0.15, 0.2) is 30.3 Å². The molecule has 0 saturated heterocycles. The number of hydrogen-bond donors (Lipinski definition) is 1. The first-order chi connectivity index (χ1) is 6.90. The first-order valence-corrected chi connectivity index (χ1v) is 4.74. The highest BCUT2D eigenvalue weighted by molar-refractivity contribution is 6.05. The lowest BCUT2D eigenvalue weighted by molar-refractivity contribution is 0.282. The van der Waals surface area contributed by atoms with E-state index in [1.54, 1.807) is 0 Å². The van der Waals surface area contributed by atoms with E-state index in [1.165, 1.54) is 21.9 Å². The third-order valence-electron chi connectivity index (χ3n) is 2.81. The summed E-state index contributed by atoms with van der Waals surface area (Å²) in [4.78, 5) is 0. The maximum atomic E-state index is 9.20. The molecule has 2 aromatic carbocycles. The van der Waals surface area contributed by atoms with Gasteiger partial charge in [-0.15, -0.1) is 0 Å². The van der Waals surface area contributed by atoms with Gasteiger partial charge in [-0.05, 0) is 27.5 Å². The maximum absolute atomic E-state index is 9.20. The third-order valence-corrected chi connectivity index (χ3v) is 2.81. The van der Waals surface area contributed by atoms with Crippen molar-refractivity contribution in [2.24, 2.45) is 0 Å². The minimum atomic E-state index is 0.115. The topological polar surface area (TPSA) is 20.2 Å². The van der Waals surface area contributed by atoms with Gasteiger partial charge in [-0.25, -0.2) is 0 Å². The molecule has 0 aliphatic heterocycles. The van der Waals surface area contributed by atoms with E-state index in [0.717, 1.165) is 5.56 Å². The summed E-state index contributed by atoms with van der Waals surface area (Å²) in [5.74, 6) is 0. The Balaban J connectivity index is 2.50. The molecule has 0 unspecified atom stereocenters. The van der Waals surface area contributed by atoms with Crippen molar-refractivity contribution in [3.05, 3.63) is 47.0 Å². The average molecular weight is 182 g/mol. The number of rotatable bonds is 1. The Labute approximate surface area is 82.3 Å². The van der Waals surface area contributed by atoms with Gasteiger partial charge in [-0.3, -0.25) is 0 Å². The Kier molecular flexibility index (Phi) is 1.49. The number of benzene rings is 2. The summed E-state index contributed by atoms with van der Waals surface area (Å²) in [6.45, 7) is 0.115. The fraction of sp³-hybridized carbons (Fsp3) is 0.0769. The van der Waals surface area contributed by atoms with Crippen LogP contribution < -0.4 is 0 Å². The Hall–Kier alpha value is -1.60. The fourth-order valence-corrected chi connectivity index (χ4v) is 2.12. The number of aliphatic hydroxyl groups is 1. The van der Waals surface area contributed by atoms with E-state index >= 15 is 0 Å². The monoisotopic (exact) mass is 182 g/mol. The van der Waals surface area contributed by atoms with Gasteiger partial charge in [0.2, 0.25) is 0 Å². The van der Waals surface area contributed by atoms with Gasteiger partial charge < -0.3 is 5.11 Å². The molecule has 1 N–H and O–H groups in total. The molecule has 0 radical (unpaired) electrons. The molecular weight excluding hydrogens is 172 g/mol. The molecule has 0 fully saturated rings. The van der Waals surface area contributed by atoms with Crippen LogP contribution in [0.25, 0.3) is 22.9 Å². The number of hydrogen-bond acceptors (Lipinski definition) is 1. The van der Waals surface area contributed by atoms with E-state index in [2.05, 4.69) is 36.4 Å². The number of aliphatic hydroxyl groups excluding tert-OH is 1. The van der Waals surface area contributed by atoms with Gasteiger partial charge >= 0.3 is 0 Å². The standard InChI is InChI=1S/C13H10O/c14-8-11-5-4-9-2-1-3-10-6-7-12(11)13(9)10/h1-7,14H,8H2. The molecule has 14 heavy (non-hydrogen) atoms. The maximum Gasteiger partial charge on any atom is 0.0687 e. The van der Waals surface area contributed by atoms with Gasteiger partial charge in [0.05, 0.1) is 6.61 Å². The molecule has 68 valence electrons. The molecule has 0 spiro atoms. The predicted octanol–water partition coefficient (Wildman–Crippen LogP) is 2.82. The molecule has 0 amide bonds. The van der Waals surface area contributed by atoms with E-state index in [0.29, 0.717) is 0 Å². The van der Waals surface area contributed by atoms with Crippen molar-refractivity contribution in [2.75, 3.05) is 0 Å². The fourth-order valence-electron chi connectivity index (χ4n) is 2.12. The Morgan fingerprint density at radius 2 is 1.93 bits per heavy atom. The molecule has 1 aliphatic rings. The second-order valence-corrected chi connectivity index (χ2v) is 3.58. The Morgan fingerprint density at radius 1 is 1.00 bits per heavy atom. The van der Waals surface area contributed by atoms with Crippen LogP contribution in [-0.2, 0) is 6.61 Å². The zero-order chi connectivity index (χ0) is 9.54. The van der Waals surface area contributed by atoms with E-state index in [1.807, 2.05) is 6.07 Å². The molecule has 2 aromatic rings. The van der Waals surface area contributed by atoms with E-state index in [4.69, 9.17) is 0 Å². The van der Waals surface area contributed by atoms with Crippen LogP contribution in [0, 0.1) is 0 Å². The average Bonchev–Trinajstić information content (AvgIpc) is 2.66. The van der Waals surface area contributed by atoms with Crippen molar-refractivity contribution in [3.8, 4) is 0 Å². The quantitative estimate of drug-likeness (QED) is 0.613. The molecule has 1 heteroatoms. The zero-order valence-corrected chi connectivity index (χ0v) is 7.70. The van der Waals surface area contributed by atoms with E-state index < -0.39 is 0 Å². The summed E-state index contributed by atoms with van der Waals surface area (Å²) < 4.78 is 0. The van der Waals surface area contributed by atoms with Gasteiger partial charge in [-0.1, -0.05) is 42.5 Å². The summed E-state index contributed by atoms with van der Waals surface area (Å²) in [5.41, 5.74) is 3.45. The molecule has 0 heterocycles. The summed E-state index contributed by atoms with van der Waals surface area (Å²) in [7, 11) is 0. The van der Waals surface area contributed by atoms with Gasteiger partial charge in [0.1, 0.15) is 0 Å². The van der Waals surface area contributed by atoms with Crippen LogP contribution >= 0.6 is 0 Å². The van der Waals surface area contributed by atoms with Crippen LogP contribution in [0.3, 0.4) is 0 Å². The van der Waals surface area contributed by atoms with Crippen LogP contribution in [0.4, 0.5) is 0 Å². The predicted molar refractivity (Wildman–Crippen MR) is 58.8 cm³/mol. The van der Waals surface area contributed by atoms with Gasteiger partial charge in [-0.2, -0.15) is 0 Å². The molecule has 0 atom stereocenters. The minimum absolute atomic E-state index is 0.115. The molecule has 0 bridgehead atoms. The molecule has 1 aliphatic carbocycles. The molecule has 3 rings (SSSR count). The third kappa shape index (κ3) is 0.875. The first-order valence-electron chi connectivity index (χ1n) is 4.74. The highest BCUT2D eigenvalue weighted by atomic mass is 16.3. The van der Waals surface area contributed by atoms with Crippen LogP contribution in [0.5, 0.6) is 0 Å². The van der Waals surface area contributed by atoms with Crippen molar-refractivity contribution in [1.82, 2.24) is 0 Å². The zero-order valence-electron chi connectivity index (χ0n) is 7.70. The van der Waals surface area contributed by atoms with Crippen LogP contribution in [-0.4, -0.2) is 5.11 Å². The summed E-state index contributed by atoms with van der Waals surface area (Å²) >= 11 is 0. The van der Waals surface area contributed by atoms with Crippen molar-refractivity contribution in [2.45, 2.75) is 6.61 Å². The minimum Gasteiger partial charge on any atom is -0.392 e. The normalized spacial score (nSPS) is 12.6. The highest BCUT2D eigenvalue weighted by Gasteiger charge is 2.11. The lowest BCUT2D eigenvalue weighted by atomic mass is 10.0. The van der Waals surface area contributed by atoms with Gasteiger partial charge in [0.15, 0.2) is 0 Å². The smallest absolute Gasteiger partial charge is 0.0687 e. The molecule has 0 aromatic heterocycles. The van der Waals surface area contributed by atoms with Crippen molar-refractivity contribution in [1.29, 1.82) is 0 Å². The molecular formula is C13H10O. The van der Waals surface area contributed by atoms with Crippen molar-refractivity contribution in [3.63, 3.8) is 0 Å². The molecule has 1 nitrogen and oxygen atoms in total. The second-order valence-electron chi connectivity index (χ2n) is 3.58. The van der Waals surface area contributed by atoms with E-state index in [9.17, 15) is 5.11 Å². The molecule has 0 saturated carbocycles. The van der Waals surface area contributed by atoms with Crippen molar-refractivity contribution >= 4 is 22.9 Å². The SMILES string of the molecule is OCc1ccc2cccc3c2c1C=C3. The van der Waals surface area contributed by atoms with E-state index in [-0.39, 0.29) is 6.61 Å². The Bertz CT molecular complexity index is 538. The van der Waals surface area contributed by atoms with Gasteiger partial charge in [0.25, 0.3) is 0 Å². The van der Waals surface area contributed by atoms with Crippen LogP contribution in [0.2, 0.25) is 0 Å². The van der Waals surface area contributed by atoms with Crippen LogP contribution in [0.1, 0.15) is 16.7 Å². The summed E-state index contributed by atoms with van der Waals surface area (Å²) in [5, 5.41) is 11.7. The summed E-state index contributed by atoms with van der Waals surface area (Å²) in [6.07, 6.45) is 4.19. The summed E-state index contributed by atoms with van der Waals surface area (Å²) in [6, 6.07) is 10.3. The second kappa shape index (κ2) is 2.69. The first kappa shape index (κ1) is 7.77.